The molecule has 2 atom stereocenters. The molecular formula is C10H17NO2. The molecule has 2 rings (SSSR count). The molecule has 3 nitrogen and oxygen atoms in total. The van der Waals surface area contributed by atoms with Gasteiger partial charge in [-0.05, 0) is 24.8 Å². The van der Waals surface area contributed by atoms with E-state index in [4.69, 9.17) is 4.74 Å². The summed E-state index contributed by atoms with van der Waals surface area (Å²) in [6.07, 6.45) is 5.10. The maximum atomic E-state index is 11.4. The lowest BCUT2D eigenvalue weighted by Gasteiger charge is -2.33. The van der Waals surface area contributed by atoms with Crippen LogP contribution in [0.15, 0.2) is 0 Å². The smallest absolute Gasteiger partial charge is 0.323 e. The van der Waals surface area contributed by atoms with Crippen LogP contribution < -0.4 is 5.32 Å². The molecule has 0 aromatic carbocycles. The highest BCUT2D eigenvalue weighted by Crippen LogP contribution is 2.38. The predicted octanol–water partition coefficient (Wildman–Crippen LogP) is 0.938. The van der Waals surface area contributed by atoms with Crippen molar-refractivity contribution in [2.75, 3.05) is 13.7 Å². The van der Waals surface area contributed by atoms with Crippen molar-refractivity contribution in [2.45, 2.75) is 31.7 Å². The van der Waals surface area contributed by atoms with E-state index in [0.29, 0.717) is 5.92 Å². The van der Waals surface area contributed by atoms with E-state index in [-0.39, 0.29) is 12.0 Å². The molecule has 1 saturated carbocycles. The van der Waals surface area contributed by atoms with Crippen LogP contribution in [0.1, 0.15) is 25.7 Å². The Morgan fingerprint density at radius 3 is 2.69 bits per heavy atom. The fourth-order valence-electron chi connectivity index (χ4n) is 2.48. The van der Waals surface area contributed by atoms with Crippen molar-refractivity contribution in [2.24, 2.45) is 11.8 Å². The Balaban J connectivity index is 1.96. The minimum Gasteiger partial charge on any atom is -0.468 e. The number of ether oxygens (including phenoxy) is 1. The largest absolute Gasteiger partial charge is 0.468 e. The van der Waals surface area contributed by atoms with Crippen molar-refractivity contribution in [3.05, 3.63) is 0 Å². The lowest BCUT2D eigenvalue weighted by Crippen LogP contribution is -2.40. The van der Waals surface area contributed by atoms with Gasteiger partial charge in [0, 0.05) is 0 Å². The molecule has 1 heterocycles. The van der Waals surface area contributed by atoms with Crippen LogP contribution in [0.3, 0.4) is 0 Å². The van der Waals surface area contributed by atoms with Crippen LogP contribution in [0, 0.1) is 11.8 Å². The summed E-state index contributed by atoms with van der Waals surface area (Å²) >= 11 is 0. The molecule has 2 fully saturated rings. The lowest BCUT2D eigenvalue weighted by atomic mass is 9.73. The SMILES string of the molecule is COC(=O)[C@H]1NCC[C@H]1C1CCC1. The molecule has 0 aromatic rings. The van der Waals surface area contributed by atoms with Gasteiger partial charge >= 0.3 is 5.97 Å². The van der Waals surface area contributed by atoms with E-state index in [0.717, 1.165) is 18.9 Å². The van der Waals surface area contributed by atoms with Gasteiger partial charge in [0.05, 0.1) is 7.11 Å². The molecule has 13 heavy (non-hydrogen) atoms. The monoisotopic (exact) mass is 183 g/mol. The molecule has 74 valence electrons. The molecule has 1 saturated heterocycles. The number of rotatable bonds is 2. The second-order valence-electron chi connectivity index (χ2n) is 4.10. The molecule has 0 spiro atoms. The quantitative estimate of drug-likeness (QED) is 0.647. The number of nitrogens with one attached hydrogen (secondary N) is 1. The van der Waals surface area contributed by atoms with E-state index in [9.17, 15) is 4.79 Å². The average molecular weight is 183 g/mol. The van der Waals surface area contributed by atoms with Gasteiger partial charge in [-0.15, -0.1) is 0 Å². The van der Waals surface area contributed by atoms with Crippen LogP contribution in [0.4, 0.5) is 0 Å². The average Bonchev–Trinajstić information content (AvgIpc) is 2.49. The van der Waals surface area contributed by atoms with Crippen molar-refractivity contribution >= 4 is 5.97 Å². The van der Waals surface area contributed by atoms with Crippen molar-refractivity contribution in [3.8, 4) is 0 Å². The number of methoxy groups -OCH3 is 1. The van der Waals surface area contributed by atoms with Crippen LogP contribution in [0.5, 0.6) is 0 Å². The molecule has 3 heteroatoms. The third-order valence-corrected chi connectivity index (χ3v) is 3.48. The Morgan fingerprint density at radius 2 is 2.15 bits per heavy atom. The normalized spacial score (nSPS) is 34.2. The summed E-state index contributed by atoms with van der Waals surface area (Å²) in [6.45, 7) is 0.973. The number of hydrogen-bond donors (Lipinski definition) is 1. The van der Waals surface area contributed by atoms with E-state index in [1.165, 1.54) is 26.4 Å². The minimum absolute atomic E-state index is 0.0182. The first-order valence-electron chi connectivity index (χ1n) is 5.14. The maximum Gasteiger partial charge on any atom is 0.323 e. The van der Waals surface area contributed by atoms with Gasteiger partial charge in [-0.2, -0.15) is 0 Å². The van der Waals surface area contributed by atoms with Crippen LogP contribution in [0.25, 0.3) is 0 Å². The Kier molecular flexibility index (Phi) is 2.54. The molecule has 0 unspecified atom stereocenters. The van der Waals surface area contributed by atoms with Crippen LogP contribution in [0.2, 0.25) is 0 Å². The first-order chi connectivity index (χ1) is 6.33. The zero-order chi connectivity index (χ0) is 9.26. The molecule has 2 aliphatic rings. The fraction of sp³-hybridized carbons (Fsp3) is 0.900. The second-order valence-corrected chi connectivity index (χ2v) is 4.10. The third-order valence-electron chi connectivity index (χ3n) is 3.48. The highest BCUT2D eigenvalue weighted by Gasteiger charge is 2.40. The highest BCUT2D eigenvalue weighted by molar-refractivity contribution is 5.76. The standard InChI is InChI=1S/C10H17NO2/c1-13-10(12)9-8(5-6-11-9)7-3-2-4-7/h7-9,11H,2-6H2,1H3/t8-,9-/m0/s1. The minimum atomic E-state index is -0.0746. The van der Waals surface area contributed by atoms with Crippen LogP contribution in [-0.2, 0) is 9.53 Å². The number of hydrogen-bond acceptors (Lipinski definition) is 3. The number of carbonyl (C=O) groups is 1. The molecule has 1 aliphatic carbocycles. The summed E-state index contributed by atoms with van der Waals surface area (Å²) in [5, 5.41) is 3.23. The molecule has 1 aliphatic heterocycles. The Morgan fingerprint density at radius 1 is 1.38 bits per heavy atom. The van der Waals surface area contributed by atoms with Gasteiger partial charge in [-0.25, -0.2) is 0 Å². The van der Waals surface area contributed by atoms with E-state index in [1.54, 1.807) is 0 Å². The number of esters is 1. The van der Waals surface area contributed by atoms with E-state index in [1.807, 2.05) is 0 Å². The van der Waals surface area contributed by atoms with Crippen molar-refractivity contribution in [1.82, 2.24) is 5.32 Å². The summed E-state index contributed by atoms with van der Waals surface area (Å²) in [7, 11) is 1.47. The Hall–Kier alpha value is -0.570. The molecule has 0 radical (unpaired) electrons. The topological polar surface area (TPSA) is 38.3 Å². The zero-order valence-corrected chi connectivity index (χ0v) is 8.08. The first kappa shape index (κ1) is 9.00. The highest BCUT2D eigenvalue weighted by atomic mass is 16.5. The number of carbonyl (C=O) groups excluding carboxylic acids is 1. The molecule has 0 bridgehead atoms. The van der Waals surface area contributed by atoms with E-state index in [2.05, 4.69) is 5.32 Å². The van der Waals surface area contributed by atoms with Gasteiger partial charge in [-0.3, -0.25) is 4.79 Å². The van der Waals surface area contributed by atoms with Gasteiger partial charge in [-0.1, -0.05) is 19.3 Å². The van der Waals surface area contributed by atoms with E-state index >= 15 is 0 Å². The van der Waals surface area contributed by atoms with E-state index < -0.39 is 0 Å². The lowest BCUT2D eigenvalue weighted by molar-refractivity contribution is -0.144. The first-order valence-corrected chi connectivity index (χ1v) is 5.14. The van der Waals surface area contributed by atoms with Gasteiger partial charge < -0.3 is 10.1 Å². The summed E-state index contributed by atoms with van der Waals surface area (Å²) in [5.41, 5.74) is 0. The van der Waals surface area contributed by atoms with Crippen molar-refractivity contribution < 1.29 is 9.53 Å². The molecule has 1 N–H and O–H groups in total. The summed E-state index contributed by atoms with van der Waals surface area (Å²) in [4.78, 5) is 11.4. The van der Waals surface area contributed by atoms with Gasteiger partial charge in [0.15, 0.2) is 0 Å². The predicted molar refractivity (Wildman–Crippen MR) is 49.3 cm³/mol. The third kappa shape index (κ3) is 1.57. The molecule has 0 amide bonds. The maximum absolute atomic E-state index is 11.4. The Labute approximate surface area is 78.8 Å². The summed E-state index contributed by atoms with van der Waals surface area (Å²) in [5.74, 6) is 1.25. The zero-order valence-electron chi connectivity index (χ0n) is 8.08. The van der Waals surface area contributed by atoms with Crippen LogP contribution >= 0.6 is 0 Å². The van der Waals surface area contributed by atoms with Gasteiger partial charge in [0.1, 0.15) is 6.04 Å². The molecule has 0 aromatic heterocycles. The second kappa shape index (κ2) is 3.66. The Bertz CT molecular complexity index is 201. The van der Waals surface area contributed by atoms with Gasteiger partial charge in [0.25, 0.3) is 0 Å². The van der Waals surface area contributed by atoms with Crippen LogP contribution in [-0.4, -0.2) is 25.7 Å². The summed E-state index contributed by atoms with van der Waals surface area (Å²) in [6, 6.07) is -0.0182. The van der Waals surface area contributed by atoms with Crippen molar-refractivity contribution in [3.63, 3.8) is 0 Å². The van der Waals surface area contributed by atoms with Crippen molar-refractivity contribution in [1.29, 1.82) is 0 Å². The fourth-order valence-corrected chi connectivity index (χ4v) is 2.48. The summed E-state index contributed by atoms with van der Waals surface area (Å²) < 4.78 is 4.78. The van der Waals surface area contributed by atoms with Gasteiger partial charge in [0.2, 0.25) is 0 Å². The molecular weight excluding hydrogens is 166 g/mol.